The summed E-state index contributed by atoms with van der Waals surface area (Å²) in [6.45, 7) is 0. The molecule has 0 amide bonds. The molecule has 2 heterocycles. The van der Waals surface area contributed by atoms with Crippen molar-refractivity contribution in [3.8, 4) is 0 Å². The van der Waals surface area contributed by atoms with E-state index in [1.165, 1.54) is 6.33 Å². The molecule has 3 rings (SSSR count). The molecule has 0 spiro atoms. The molecule has 0 aliphatic heterocycles. The zero-order valence-corrected chi connectivity index (χ0v) is 9.70. The van der Waals surface area contributed by atoms with E-state index in [0.717, 1.165) is 25.3 Å². The number of nitrogens with zero attached hydrogens (tertiary/aromatic N) is 2. The van der Waals surface area contributed by atoms with Crippen LogP contribution in [0, 0.1) is 0 Å². The van der Waals surface area contributed by atoms with Gasteiger partial charge in [-0.3, -0.25) is 0 Å². The fourth-order valence-electron chi connectivity index (χ4n) is 1.52. The molecule has 0 saturated heterocycles. The van der Waals surface area contributed by atoms with Crippen molar-refractivity contribution in [1.82, 2.24) is 9.97 Å². The Kier molecular flexibility index (Phi) is 2.06. The van der Waals surface area contributed by atoms with E-state index in [1.807, 2.05) is 18.2 Å². The van der Waals surface area contributed by atoms with Gasteiger partial charge in [-0.2, -0.15) is 0 Å². The van der Waals surface area contributed by atoms with Crippen molar-refractivity contribution in [2.45, 2.75) is 0 Å². The maximum atomic E-state index is 5.99. The molecule has 0 atom stereocenters. The molecule has 0 aliphatic carbocycles. The molecule has 0 unspecified atom stereocenters. The molecule has 0 bridgehead atoms. The van der Waals surface area contributed by atoms with Crippen LogP contribution in [0.3, 0.4) is 0 Å². The van der Waals surface area contributed by atoms with E-state index in [-0.39, 0.29) is 0 Å². The van der Waals surface area contributed by atoms with E-state index in [1.54, 1.807) is 11.3 Å². The molecule has 15 heavy (non-hydrogen) atoms. The zero-order valence-electron chi connectivity index (χ0n) is 7.37. The van der Waals surface area contributed by atoms with E-state index in [2.05, 4.69) is 9.97 Å². The average Bonchev–Trinajstić information content (AvgIpc) is 2.57. The molecule has 2 nitrogen and oxygen atoms in total. The van der Waals surface area contributed by atoms with Crippen LogP contribution in [0.5, 0.6) is 0 Å². The molecule has 2 aromatic heterocycles. The summed E-state index contributed by atoms with van der Waals surface area (Å²) in [5.74, 6) is 0. The summed E-state index contributed by atoms with van der Waals surface area (Å²) in [5.41, 5.74) is 0.895. The molecule has 0 saturated carbocycles. The van der Waals surface area contributed by atoms with Crippen LogP contribution in [0.15, 0.2) is 24.5 Å². The Balaban J connectivity index is 2.57. The third kappa shape index (κ3) is 1.39. The maximum absolute atomic E-state index is 5.99. The molecular formula is C10H4Cl2N2S. The van der Waals surface area contributed by atoms with Crippen molar-refractivity contribution < 1.29 is 0 Å². The van der Waals surface area contributed by atoms with Gasteiger partial charge in [0.15, 0.2) is 0 Å². The highest BCUT2D eigenvalue weighted by atomic mass is 35.5. The van der Waals surface area contributed by atoms with Crippen LogP contribution in [0.2, 0.25) is 10.2 Å². The number of benzene rings is 1. The summed E-state index contributed by atoms with van der Waals surface area (Å²) < 4.78 is 2.00. The quantitative estimate of drug-likeness (QED) is 0.564. The molecule has 0 fully saturated rings. The highest BCUT2D eigenvalue weighted by molar-refractivity contribution is 7.26. The van der Waals surface area contributed by atoms with Crippen molar-refractivity contribution >= 4 is 54.8 Å². The lowest BCUT2D eigenvalue weighted by molar-refractivity contribution is 1.23. The highest BCUT2D eigenvalue weighted by Gasteiger charge is 2.09. The third-order valence-corrected chi connectivity index (χ3v) is 3.95. The Morgan fingerprint density at radius 2 is 2.00 bits per heavy atom. The molecule has 1 aromatic carbocycles. The van der Waals surface area contributed by atoms with Crippen LogP contribution < -0.4 is 0 Å². The number of hydrogen-bond donors (Lipinski definition) is 0. The molecule has 3 aromatic rings. The van der Waals surface area contributed by atoms with Gasteiger partial charge < -0.3 is 0 Å². The average molecular weight is 255 g/mol. The lowest BCUT2D eigenvalue weighted by Gasteiger charge is -1.91. The molecule has 0 aliphatic rings. The largest absolute Gasteiger partial charge is 0.235 e. The van der Waals surface area contributed by atoms with Crippen molar-refractivity contribution in [3.05, 3.63) is 34.7 Å². The maximum Gasteiger partial charge on any atom is 0.150 e. The Bertz CT molecular complexity index is 663. The van der Waals surface area contributed by atoms with Gasteiger partial charge in [-0.1, -0.05) is 23.2 Å². The number of thiophene rings is 1. The first-order valence-corrected chi connectivity index (χ1v) is 5.81. The molecule has 0 N–H and O–H groups in total. The predicted octanol–water partition coefficient (Wildman–Crippen LogP) is 4.15. The minimum Gasteiger partial charge on any atom is -0.235 e. The van der Waals surface area contributed by atoms with E-state index >= 15 is 0 Å². The normalized spacial score (nSPS) is 11.3. The summed E-state index contributed by atoms with van der Waals surface area (Å²) in [6.07, 6.45) is 1.48. The molecule has 0 radical (unpaired) electrons. The summed E-state index contributed by atoms with van der Waals surface area (Å²) in [6, 6.07) is 5.73. The van der Waals surface area contributed by atoms with Gasteiger partial charge in [-0.25, -0.2) is 9.97 Å². The van der Waals surface area contributed by atoms with Gasteiger partial charge in [0.25, 0.3) is 0 Å². The molecular weight excluding hydrogens is 251 g/mol. The van der Waals surface area contributed by atoms with Crippen molar-refractivity contribution in [2.75, 3.05) is 0 Å². The standard InChI is InChI=1S/C10H4Cl2N2S/c11-5-1-2-6-7(3-5)15-9-8(6)13-4-14-10(9)12/h1-4H. The summed E-state index contributed by atoms with van der Waals surface area (Å²) >= 11 is 13.5. The van der Waals surface area contributed by atoms with Crippen molar-refractivity contribution in [2.24, 2.45) is 0 Å². The van der Waals surface area contributed by atoms with E-state index in [4.69, 9.17) is 23.2 Å². The van der Waals surface area contributed by atoms with Crippen LogP contribution >= 0.6 is 34.5 Å². The van der Waals surface area contributed by atoms with Crippen LogP contribution in [0.4, 0.5) is 0 Å². The lowest BCUT2D eigenvalue weighted by atomic mass is 10.2. The van der Waals surface area contributed by atoms with Gasteiger partial charge in [-0.15, -0.1) is 11.3 Å². The van der Waals surface area contributed by atoms with E-state index in [0.29, 0.717) is 5.15 Å². The van der Waals surface area contributed by atoms with E-state index in [9.17, 15) is 0 Å². The van der Waals surface area contributed by atoms with Gasteiger partial charge in [0.05, 0.1) is 10.2 Å². The number of hydrogen-bond acceptors (Lipinski definition) is 3. The van der Waals surface area contributed by atoms with Gasteiger partial charge >= 0.3 is 0 Å². The SMILES string of the molecule is Clc1ccc2c(c1)sc1c(Cl)ncnc12. The highest BCUT2D eigenvalue weighted by Crippen LogP contribution is 2.36. The predicted molar refractivity (Wildman–Crippen MR) is 64.9 cm³/mol. The first-order valence-electron chi connectivity index (χ1n) is 4.24. The monoisotopic (exact) mass is 254 g/mol. The number of rotatable bonds is 0. The second kappa shape index (κ2) is 3.30. The smallest absolute Gasteiger partial charge is 0.150 e. The Morgan fingerprint density at radius 3 is 2.87 bits per heavy atom. The van der Waals surface area contributed by atoms with Crippen LogP contribution in [0.25, 0.3) is 20.3 Å². The van der Waals surface area contributed by atoms with Crippen LogP contribution in [-0.2, 0) is 0 Å². The van der Waals surface area contributed by atoms with Gasteiger partial charge in [-0.05, 0) is 18.2 Å². The molecule has 5 heteroatoms. The third-order valence-electron chi connectivity index (χ3n) is 2.17. The summed E-state index contributed by atoms with van der Waals surface area (Å²) in [4.78, 5) is 8.19. The second-order valence-corrected chi connectivity index (χ2v) is 4.93. The van der Waals surface area contributed by atoms with Crippen LogP contribution in [0.1, 0.15) is 0 Å². The zero-order chi connectivity index (χ0) is 10.4. The topological polar surface area (TPSA) is 25.8 Å². The van der Waals surface area contributed by atoms with Crippen molar-refractivity contribution in [1.29, 1.82) is 0 Å². The number of aromatic nitrogens is 2. The Labute approximate surface area is 99.5 Å². The fourth-order valence-corrected chi connectivity index (χ4v) is 3.08. The van der Waals surface area contributed by atoms with Gasteiger partial charge in [0.1, 0.15) is 11.5 Å². The van der Waals surface area contributed by atoms with Gasteiger partial charge in [0, 0.05) is 15.1 Å². The first-order chi connectivity index (χ1) is 7.25. The number of fused-ring (bicyclic) bond motifs is 3. The summed E-state index contributed by atoms with van der Waals surface area (Å²) in [7, 11) is 0. The van der Waals surface area contributed by atoms with E-state index < -0.39 is 0 Å². The molecule has 74 valence electrons. The fraction of sp³-hybridized carbons (Fsp3) is 0. The summed E-state index contributed by atoms with van der Waals surface area (Å²) in [5, 5.41) is 2.29. The number of halogens is 2. The second-order valence-electron chi connectivity index (χ2n) is 3.08. The Morgan fingerprint density at radius 1 is 1.13 bits per heavy atom. The Hall–Kier alpha value is -0.900. The van der Waals surface area contributed by atoms with Gasteiger partial charge in [0.2, 0.25) is 0 Å². The minimum atomic E-state index is 0.498. The minimum absolute atomic E-state index is 0.498. The van der Waals surface area contributed by atoms with Crippen LogP contribution in [-0.4, -0.2) is 9.97 Å². The first kappa shape index (κ1) is 9.33. The van der Waals surface area contributed by atoms with Crippen molar-refractivity contribution in [3.63, 3.8) is 0 Å². The lowest BCUT2D eigenvalue weighted by Crippen LogP contribution is -1.78.